The third-order valence-electron chi connectivity index (χ3n) is 2.88. The maximum absolute atomic E-state index is 11.5. The van der Waals surface area contributed by atoms with Crippen molar-refractivity contribution < 1.29 is 14.7 Å². The van der Waals surface area contributed by atoms with Crippen LogP contribution in [0.25, 0.3) is 10.8 Å². The molecule has 0 aliphatic heterocycles. The Morgan fingerprint density at radius 3 is 2.75 bits per heavy atom. The van der Waals surface area contributed by atoms with Crippen LogP contribution in [0, 0.1) is 6.92 Å². The molecule has 0 bridgehead atoms. The van der Waals surface area contributed by atoms with Crippen LogP contribution in [0.2, 0.25) is 0 Å². The van der Waals surface area contributed by atoms with Gasteiger partial charge in [-0.2, -0.15) is 0 Å². The van der Waals surface area contributed by atoms with Crippen LogP contribution in [0.5, 0.6) is 0 Å². The molecule has 0 fully saturated rings. The number of carbonyl (C=O) groups excluding carboxylic acids is 1. The quantitative estimate of drug-likeness (QED) is 0.760. The van der Waals surface area contributed by atoms with E-state index >= 15 is 0 Å². The van der Waals surface area contributed by atoms with Gasteiger partial charge in [-0.05, 0) is 23.9 Å². The zero-order chi connectivity index (χ0) is 14.5. The maximum atomic E-state index is 11.5. The average molecular weight is 273 g/mol. The van der Waals surface area contributed by atoms with Crippen molar-refractivity contribution in [2.45, 2.75) is 6.92 Å². The number of aliphatic carboxylic acids is 1. The van der Waals surface area contributed by atoms with Crippen LogP contribution < -0.4 is 10.6 Å². The molecule has 2 aromatic rings. The zero-order valence-corrected chi connectivity index (χ0v) is 11.0. The summed E-state index contributed by atoms with van der Waals surface area (Å²) in [7, 11) is 0. The molecule has 0 saturated carbocycles. The lowest BCUT2D eigenvalue weighted by atomic mass is 10.1. The lowest BCUT2D eigenvalue weighted by Gasteiger charge is -2.09. The van der Waals surface area contributed by atoms with E-state index in [1.54, 1.807) is 6.20 Å². The fraction of sp³-hybridized carbons (Fsp3) is 0.214. The molecule has 0 unspecified atom stereocenters. The molecule has 0 atom stereocenters. The second-order valence-electron chi connectivity index (χ2n) is 4.35. The maximum Gasteiger partial charge on any atom is 0.322 e. The summed E-state index contributed by atoms with van der Waals surface area (Å²) in [6, 6.07) is 7.77. The van der Waals surface area contributed by atoms with Gasteiger partial charge in [-0.15, -0.1) is 0 Å². The van der Waals surface area contributed by atoms with Crippen LogP contribution >= 0.6 is 0 Å². The number of amides is 1. The molecule has 1 amide bonds. The van der Waals surface area contributed by atoms with Crippen LogP contribution in [0.3, 0.4) is 0 Å². The predicted molar refractivity (Wildman–Crippen MR) is 75.6 cm³/mol. The highest BCUT2D eigenvalue weighted by Gasteiger charge is 2.07. The minimum Gasteiger partial charge on any atom is -0.480 e. The van der Waals surface area contributed by atoms with Gasteiger partial charge >= 0.3 is 5.97 Å². The number of hydrogen-bond donors (Lipinski definition) is 3. The number of carboxylic acid groups (broad SMARTS) is 1. The summed E-state index contributed by atoms with van der Waals surface area (Å²) in [6.45, 7) is 1.60. The minimum atomic E-state index is -1.07. The first-order valence-corrected chi connectivity index (χ1v) is 6.14. The Labute approximate surface area is 115 Å². The number of nitrogens with one attached hydrogen (secondary N) is 2. The van der Waals surface area contributed by atoms with Crippen molar-refractivity contribution in [3.8, 4) is 0 Å². The fourth-order valence-corrected chi connectivity index (χ4v) is 1.91. The van der Waals surface area contributed by atoms with E-state index in [9.17, 15) is 9.59 Å². The Bertz CT molecular complexity index is 655. The highest BCUT2D eigenvalue weighted by Crippen LogP contribution is 2.23. The Morgan fingerprint density at radius 1 is 1.20 bits per heavy atom. The monoisotopic (exact) mass is 273 g/mol. The molecule has 0 aliphatic carbocycles. The number of anilines is 1. The van der Waals surface area contributed by atoms with Crippen molar-refractivity contribution in [2.75, 3.05) is 18.4 Å². The topological polar surface area (TPSA) is 91.3 Å². The van der Waals surface area contributed by atoms with Gasteiger partial charge in [0.15, 0.2) is 0 Å². The van der Waals surface area contributed by atoms with Gasteiger partial charge in [0.25, 0.3) is 0 Å². The van der Waals surface area contributed by atoms with E-state index in [1.165, 1.54) is 0 Å². The van der Waals surface area contributed by atoms with Gasteiger partial charge < -0.3 is 15.7 Å². The van der Waals surface area contributed by atoms with Crippen molar-refractivity contribution in [1.82, 2.24) is 10.3 Å². The molecule has 20 heavy (non-hydrogen) atoms. The van der Waals surface area contributed by atoms with Gasteiger partial charge in [-0.3, -0.25) is 9.59 Å². The first-order valence-electron chi connectivity index (χ1n) is 6.14. The Hall–Kier alpha value is -2.63. The van der Waals surface area contributed by atoms with Gasteiger partial charge in [0.2, 0.25) is 5.91 Å². The van der Waals surface area contributed by atoms with Gasteiger partial charge in [0, 0.05) is 11.6 Å². The van der Waals surface area contributed by atoms with Gasteiger partial charge in [0.1, 0.15) is 12.4 Å². The fourth-order valence-electron chi connectivity index (χ4n) is 1.91. The van der Waals surface area contributed by atoms with E-state index in [0.29, 0.717) is 5.82 Å². The van der Waals surface area contributed by atoms with Crippen molar-refractivity contribution in [3.63, 3.8) is 0 Å². The molecule has 1 aromatic heterocycles. The normalized spacial score (nSPS) is 10.2. The molecule has 2 rings (SSSR count). The molecule has 3 N–H and O–H groups in total. The molecule has 104 valence electrons. The van der Waals surface area contributed by atoms with Gasteiger partial charge in [-0.25, -0.2) is 4.98 Å². The predicted octanol–water partition coefficient (Wildman–Crippen LogP) is 1.16. The van der Waals surface area contributed by atoms with Crippen LogP contribution in [0.1, 0.15) is 5.56 Å². The summed E-state index contributed by atoms with van der Waals surface area (Å²) < 4.78 is 0. The third-order valence-corrected chi connectivity index (χ3v) is 2.88. The van der Waals surface area contributed by atoms with E-state index in [1.807, 2.05) is 31.2 Å². The van der Waals surface area contributed by atoms with Crippen molar-refractivity contribution in [1.29, 1.82) is 0 Å². The summed E-state index contributed by atoms with van der Waals surface area (Å²) in [5, 5.41) is 15.7. The van der Waals surface area contributed by atoms with Crippen LogP contribution in [-0.4, -0.2) is 35.1 Å². The van der Waals surface area contributed by atoms with E-state index in [4.69, 9.17) is 5.11 Å². The molecular formula is C14H15N3O3. The molecule has 0 radical (unpaired) electrons. The number of fused-ring (bicyclic) bond motifs is 1. The zero-order valence-electron chi connectivity index (χ0n) is 11.0. The SMILES string of the molecule is Cc1cccc2c(NCC(=O)NCC(=O)O)nccc12. The van der Waals surface area contributed by atoms with Crippen LogP contribution in [0.15, 0.2) is 30.5 Å². The lowest BCUT2D eigenvalue weighted by Crippen LogP contribution is -2.34. The largest absolute Gasteiger partial charge is 0.480 e. The average Bonchev–Trinajstić information content (AvgIpc) is 2.43. The van der Waals surface area contributed by atoms with Gasteiger partial charge in [0.05, 0.1) is 6.54 Å². The number of hydrogen-bond acceptors (Lipinski definition) is 4. The van der Waals surface area contributed by atoms with Gasteiger partial charge in [-0.1, -0.05) is 18.2 Å². The van der Waals surface area contributed by atoms with E-state index in [0.717, 1.165) is 16.3 Å². The Kier molecular flexibility index (Phi) is 4.14. The molecule has 1 heterocycles. The summed E-state index contributed by atoms with van der Waals surface area (Å²) in [5.74, 6) is -0.854. The summed E-state index contributed by atoms with van der Waals surface area (Å²) >= 11 is 0. The first-order chi connectivity index (χ1) is 9.58. The van der Waals surface area contributed by atoms with Crippen molar-refractivity contribution in [3.05, 3.63) is 36.0 Å². The van der Waals surface area contributed by atoms with Crippen molar-refractivity contribution >= 4 is 28.5 Å². The number of pyridine rings is 1. The van der Waals surface area contributed by atoms with Crippen LogP contribution in [-0.2, 0) is 9.59 Å². The van der Waals surface area contributed by atoms with E-state index in [2.05, 4.69) is 15.6 Å². The van der Waals surface area contributed by atoms with Crippen LogP contribution in [0.4, 0.5) is 5.82 Å². The highest BCUT2D eigenvalue weighted by molar-refractivity contribution is 5.95. The number of nitrogens with zero attached hydrogens (tertiary/aromatic N) is 1. The van der Waals surface area contributed by atoms with E-state index in [-0.39, 0.29) is 19.0 Å². The number of carbonyl (C=O) groups is 2. The Balaban J connectivity index is 2.09. The number of rotatable bonds is 5. The number of aryl methyl sites for hydroxylation is 1. The summed E-state index contributed by atoms with van der Waals surface area (Å²) in [4.78, 5) is 26.0. The molecule has 0 saturated heterocycles. The molecule has 0 spiro atoms. The lowest BCUT2D eigenvalue weighted by molar-refractivity contribution is -0.137. The van der Waals surface area contributed by atoms with Crippen molar-refractivity contribution in [2.24, 2.45) is 0 Å². The number of aromatic nitrogens is 1. The molecule has 6 heteroatoms. The Morgan fingerprint density at radius 2 is 2.00 bits per heavy atom. The second-order valence-corrected chi connectivity index (χ2v) is 4.35. The summed E-state index contributed by atoms with van der Waals surface area (Å²) in [6.07, 6.45) is 1.67. The molecule has 1 aromatic carbocycles. The van der Waals surface area contributed by atoms with E-state index < -0.39 is 5.97 Å². The third kappa shape index (κ3) is 3.23. The molecular weight excluding hydrogens is 258 g/mol. The highest BCUT2D eigenvalue weighted by atomic mass is 16.4. The standard InChI is InChI=1S/C14H15N3O3/c1-9-3-2-4-11-10(9)5-6-15-14(11)17-7-12(18)16-8-13(19)20/h2-6H,7-8H2,1H3,(H,15,17)(H,16,18)(H,19,20). The minimum absolute atomic E-state index is 0.0205. The molecule has 0 aliphatic rings. The molecule has 6 nitrogen and oxygen atoms in total. The summed E-state index contributed by atoms with van der Waals surface area (Å²) in [5.41, 5.74) is 1.13. The smallest absolute Gasteiger partial charge is 0.322 e. The second kappa shape index (κ2) is 6.01. The first kappa shape index (κ1) is 13.8. The number of benzene rings is 1. The number of carboxylic acids is 1.